The summed E-state index contributed by atoms with van der Waals surface area (Å²) in [7, 11) is 0. The van der Waals surface area contributed by atoms with Crippen LogP contribution in [0, 0.1) is 6.92 Å². The van der Waals surface area contributed by atoms with Gasteiger partial charge in [0, 0.05) is 11.7 Å². The largest absolute Gasteiger partial charge is 0.323 e. The van der Waals surface area contributed by atoms with Crippen molar-refractivity contribution >= 4 is 0 Å². The highest BCUT2D eigenvalue weighted by Crippen LogP contribution is 2.05. The molecular weight excluding hydrogens is 148 g/mol. The highest BCUT2D eigenvalue weighted by atomic mass is 14.8. The third-order valence-electron chi connectivity index (χ3n) is 1.38. The summed E-state index contributed by atoms with van der Waals surface area (Å²) in [4.78, 5) is 4.25. The van der Waals surface area contributed by atoms with Gasteiger partial charge in [0.15, 0.2) is 0 Å². The van der Waals surface area contributed by atoms with Crippen molar-refractivity contribution in [1.82, 2.24) is 4.98 Å². The van der Waals surface area contributed by atoms with Gasteiger partial charge in [0.05, 0.1) is 5.69 Å². The molecule has 0 aliphatic rings. The van der Waals surface area contributed by atoms with Crippen molar-refractivity contribution in [3.63, 3.8) is 0 Å². The Morgan fingerprint density at radius 1 is 1.33 bits per heavy atom. The van der Waals surface area contributed by atoms with Gasteiger partial charge in [-0.2, -0.15) is 0 Å². The lowest BCUT2D eigenvalue weighted by atomic mass is 10.2. The fourth-order valence-electron chi connectivity index (χ4n) is 0.818. The maximum absolute atomic E-state index is 5.62. The van der Waals surface area contributed by atoms with Crippen LogP contribution in [0.3, 0.4) is 0 Å². The van der Waals surface area contributed by atoms with Gasteiger partial charge in [-0.05, 0) is 26.0 Å². The van der Waals surface area contributed by atoms with E-state index in [1.54, 1.807) is 0 Å². The Morgan fingerprint density at radius 3 is 2.25 bits per heavy atom. The van der Waals surface area contributed by atoms with Gasteiger partial charge < -0.3 is 5.73 Å². The minimum absolute atomic E-state index is 0.0416. The normalized spacial score (nSPS) is 11.4. The minimum atomic E-state index is 0.0416. The van der Waals surface area contributed by atoms with E-state index in [-0.39, 0.29) is 6.04 Å². The molecule has 2 nitrogen and oxygen atoms in total. The molecule has 0 fully saturated rings. The predicted molar refractivity (Wildman–Crippen MR) is 52.9 cm³/mol. The van der Waals surface area contributed by atoms with Crippen LogP contribution in [-0.2, 0) is 0 Å². The SMILES string of the molecule is CC.Cc1cccc(C(C)N)n1. The number of rotatable bonds is 1. The second-order valence-electron chi connectivity index (χ2n) is 2.49. The van der Waals surface area contributed by atoms with Gasteiger partial charge in [0.25, 0.3) is 0 Å². The number of hydrogen-bond donors (Lipinski definition) is 1. The monoisotopic (exact) mass is 166 g/mol. The molecule has 0 bridgehead atoms. The Morgan fingerprint density at radius 2 is 1.92 bits per heavy atom. The van der Waals surface area contributed by atoms with Gasteiger partial charge in [0.2, 0.25) is 0 Å². The standard InChI is InChI=1S/C8H12N2.C2H6/c1-6-4-3-5-8(10-6)7(2)9;1-2/h3-5,7H,9H2,1-2H3;1-2H3. The minimum Gasteiger partial charge on any atom is -0.323 e. The van der Waals surface area contributed by atoms with Crippen LogP contribution in [0.5, 0.6) is 0 Å². The van der Waals surface area contributed by atoms with E-state index in [4.69, 9.17) is 5.73 Å². The summed E-state index contributed by atoms with van der Waals surface area (Å²) < 4.78 is 0. The van der Waals surface area contributed by atoms with E-state index < -0.39 is 0 Å². The number of hydrogen-bond acceptors (Lipinski definition) is 2. The molecule has 1 heterocycles. The number of nitrogens with zero attached hydrogens (tertiary/aromatic N) is 1. The van der Waals surface area contributed by atoms with Crippen molar-refractivity contribution < 1.29 is 0 Å². The molecule has 0 saturated heterocycles. The predicted octanol–water partition coefficient (Wildman–Crippen LogP) is 2.44. The van der Waals surface area contributed by atoms with Crippen molar-refractivity contribution in [1.29, 1.82) is 0 Å². The molecule has 1 atom stereocenters. The quantitative estimate of drug-likeness (QED) is 0.696. The van der Waals surface area contributed by atoms with E-state index in [0.717, 1.165) is 11.4 Å². The highest BCUT2D eigenvalue weighted by molar-refractivity contribution is 5.12. The molecule has 0 radical (unpaired) electrons. The molecule has 1 aromatic heterocycles. The van der Waals surface area contributed by atoms with Crippen molar-refractivity contribution in [2.45, 2.75) is 33.7 Å². The lowest BCUT2D eigenvalue weighted by molar-refractivity contribution is 0.775. The second-order valence-corrected chi connectivity index (χ2v) is 2.49. The number of aromatic nitrogens is 1. The van der Waals surface area contributed by atoms with Crippen LogP contribution >= 0.6 is 0 Å². The third-order valence-corrected chi connectivity index (χ3v) is 1.38. The zero-order valence-electron chi connectivity index (χ0n) is 8.33. The summed E-state index contributed by atoms with van der Waals surface area (Å²) >= 11 is 0. The zero-order valence-corrected chi connectivity index (χ0v) is 8.33. The second kappa shape index (κ2) is 5.72. The Bertz CT molecular complexity index is 219. The van der Waals surface area contributed by atoms with E-state index in [0.29, 0.717) is 0 Å². The molecule has 1 unspecified atom stereocenters. The first-order chi connectivity index (χ1) is 5.70. The first-order valence-corrected chi connectivity index (χ1v) is 4.39. The van der Waals surface area contributed by atoms with Crippen LogP contribution in [0.25, 0.3) is 0 Å². The maximum Gasteiger partial charge on any atom is 0.0571 e. The summed E-state index contributed by atoms with van der Waals surface area (Å²) in [6.07, 6.45) is 0. The van der Waals surface area contributed by atoms with Gasteiger partial charge in [-0.15, -0.1) is 0 Å². The molecule has 2 N–H and O–H groups in total. The van der Waals surface area contributed by atoms with Crippen LogP contribution in [0.15, 0.2) is 18.2 Å². The molecule has 0 aliphatic heterocycles. The van der Waals surface area contributed by atoms with Crippen LogP contribution in [0.2, 0.25) is 0 Å². The fourth-order valence-corrected chi connectivity index (χ4v) is 0.818. The summed E-state index contributed by atoms with van der Waals surface area (Å²) in [5.41, 5.74) is 7.60. The van der Waals surface area contributed by atoms with E-state index in [1.165, 1.54) is 0 Å². The molecule has 12 heavy (non-hydrogen) atoms. The molecule has 2 heteroatoms. The number of pyridine rings is 1. The molecule has 0 amide bonds. The summed E-state index contributed by atoms with van der Waals surface area (Å²) in [6.45, 7) is 7.90. The first kappa shape index (κ1) is 11.1. The highest BCUT2D eigenvalue weighted by Gasteiger charge is 1.98. The van der Waals surface area contributed by atoms with E-state index in [1.807, 2.05) is 45.9 Å². The van der Waals surface area contributed by atoms with Crippen molar-refractivity contribution in [3.05, 3.63) is 29.6 Å². The number of aryl methyl sites for hydroxylation is 1. The lowest BCUT2D eigenvalue weighted by Crippen LogP contribution is -2.07. The van der Waals surface area contributed by atoms with Gasteiger partial charge in [-0.3, -0.25) is 4.98 Å². The Hall–Kier alpha value is -0.890. The van der Waals surface area contributed by atoms with Gasteiger partial charge in [0.1, 0.15) is 0 Å². The lowest BCUT2D eigenvalue weighted by Gasteiger charge is -2.03. The van der Waals surface area contributed by atoms with Crippen LogP contribution in [-0.4, -0.2) is 4.98 Å². The Kier molecular flexibility index (Phi) is 5.30. The molecule has 1 rings (SSSR count). The molecule has 0 aliphatic carbocycles. The van der Waals surface area contributed by atoms with E-state index in [9.17, 15) is 0 Å². The van der Waals surface area contributed by atoms with Crippen molar-refractivity contribution in [2.24, 2.45) is 5.73 Å². The van der Waals surface area contributed by atoms with Crippen LogP contribution in [0.1, 0.15) is 38.2 Å². The average Bonchev–Trinajstić information content (AvgIpc) is 2.08. The van der Waals surface area contributed by atoms with Gasteiger partial charge >= 0.3 is 0 Å². The van der Waals surface area contributed by atoms with Gasteiger partial charge in [-0.25, -0.2) is 0 Å². The maximum atomic E-state index is 5.62. The van der Waals surface area contributed by atoms with Crippen LogP contribution in [0.4, 0.5) is 0 Å². The fraction of sp³-hybridized carbons (Fsp3) is 0.500. The van der Waals surface area contributed by atoms with Gasteiger partial charge in [-0.1, -0.05) is 19.9 Å². The summed E-state index contributed by atoms with van der Waals surface area (Å²) in [5.74, 6) is 0. The molecular formula is C10H18N2. The molecule has 0 saturated carbocycles. The molecule has 68 valence electrons. The summed E-state index contributed by atoms with van der Waals surface area (Å²) in [5, 5.41) is 0. The molecule has 1 aromatic rings. The van der Waals surface area contributed by atoms with Crippen molar-refractivity contribution in [3.8, 4) is 0 Å². The topological polar surface area (TPSA) is 38.9 Å². The number of nitrogens with two attached hydrogens (primary N) is 1. The first-order valence-electron chi connectivity index (χ1n) is 4.39. The summed E-state index contributed by atoms with van der Waals surface area (Å²) in [6, 6.07) is 5.92. The average molecular weight is 166 g/mol. The van der Waals surface area contributed by atoms with E-state index >= 15 is 0 Å². The van der Waals surface area contributed by atoms with Crippen LogP contribution < -0.4 is 5.73 Å². The zero-order chi connectivity index (χ0) is 9.56. The smallest absolute Gasteiger partial charge is 0.0571 e. The molecule has 0 aromatic carbocycles. The van der Waals surface area contributed by atoms with E-state index in [2.05, 4.69) is 4.98 Å². The third kappa shape index (κ3) is 3.49. The Labute approximate surface area is 74.8 Å². The van der Waals surface area contributed by atoms with Crippen molar-refractivity contribution in [2.75, 3.05) is 0 Å². The Balaban J connectivity index is 0.000000561. The molecule has 0 spiro atoms.